The van der Waals surface area contributed by atoms with Crippen LogP contribution in [-0.2, 0) is 14.8 Å². The summed E-state index contributed by atoms with van der Waals surface area (Å²) in [5, 5.41) is 5.19. The van der Waals surface area contributed by atoms with Crippen molar-refractivity contribution < 1.29 is 13.2 Å². The molecule has 2 aromatic carbocycles. The van der Waals surface area contributed by atoms with Gasteiger partial charge in [-0.1, -0.05) is 43.7 Å². The number of nitrogens with one attached hydrogen (secondary N) is 1. The first-order valence-electron chi connectivity index (χ1n) is 8.84. The number of fused-ring (bicyclic) bond motifs is 2. The van der Waals surface area contributed by atoms with Gasteiger partial charge in [0.2, 0.25) is 5.91 Å². The van der Waals surface area contributed by atoms with Gasteiger partial charge in [-0.25, -0.2) is 12.7 Å². The molecule has 0 saturated carbocycles. The van der Waals surface area contributed by atoms with E-state index in [1.807, 2.05) is 31.2 Å². The van der Waals surface area contributed by atoms with Gasteiger partial charge in [-0.15, -0.1) is 0 Å². The molecule has 132 valence electrons. The van der Waals surface area contributed by atoms with Gasteiger partial charge >= 0.3 is 0 Å². The predicted molar refractivity (Wildman–Crippen MR) is 96.6 cm³/mol. The Morgan fingerprint density at radius 1 is 1.16 bits per heavy atom. The minimum atomic E-state index is -3.84. The molecule has 2 saturated heterocycles. The van der Waals surface area contributed by atoms with Gasteiger partial charge in [-0.3, -0.25) is 4.79 Å². The van der Waals surface area contributed by atoms with E-state index in [4.69, 9.17) is 0 Å². The Hall–Kier alpha value is -1.92. The molecule has 2 aliphatic rings. The molecule has 0 aliphatic carbocycles. The third kappa shape index (κ3) is 2.55. The number of amides is 1. The maximum Gasteiger partial charge on any atom is 0.266 e. The smallest absolute Gasteiger partial charge is 0.266 e. The van der Waals surface area contributed by atoms with E-state index < -0.39 is 10.0 Å². The van der Waals surface area contributed by atoms with Crippen molar-refractivity contribution in [2.75, 3.05) is 6.54 Å². The molecule has 6 heteroatoms. The zero-order chi connectivity index (χ0) is 17.6. The van der Waals surface area contributed by atoms with Crippen molar-refractivity contribution in [1.82, 2.24) is 9.62 Å². The highest BCUT2D eigenvalue weighted by Crippen LogP contribution is 2.37. The summed E-state index contributed by atoms with van der Waals surface area (Å²) in [5.74, 6) is -0.495. The normalized spacial score (nSPS) is 26.4. The molecule has 0 bridgehead atoms. The monoisotopic (exact) mass is 358 g/mol. The summed E-state index contributed by atoms with van der Waals surface area (Å²) >= 11 is 0. The number of carbonyl (C=O) groups excluding carboxylic acids is 1. The fourth-order valence-electron chi connectivity index (χ4n) is 4.22. The number of hydrogen-bond donors (Lipinski definition) is 1. The Labute approximate surface area is 148 Å². The van der Waals surface area contributed by atoms with E-state index in [1.54, 1.807) is 18.2 Å². The van der Waals surface area contributed by atoms with Crippen LogP contribution in [0, 0.1) is 5.92 Å². The highest BCUT2D eigenvalue weighted by molar-refractivity contribution is 7.89. The van der Waals surface area contributed by atoms with Gasteiger partial charge in [0.15, 0.2) is 0 Å². The molecule has 1 N–H and O–H groups in total. The average molecular weight is 358 g/mol. The van der Waals surface area contributed by atoms with E-state index in [0.29, 0.717) is 6.42 Å². The van der Waals surface area contributed by atoms with Crippen molar-refractivity contribution in [3.05, 3.63) is 42.5 Å². The first-order chi connectivity index (χ1) is 12.0. The van der Waals surface area contributed by atoms with Crippen LogP contribution < -0.4 is 5.32 Å². The third-order valence-electron chi connectivity index (χ3n) is 5.38. The molecule has 0 spiro atoms. The lowest BCUT2D eigenvalue weighted by atomic mass is 9.95. The third-order valence-corrected chi connectivity index (χ3v) is 7.20. The first-order valence-corrected chi connectivity index (χ1v) is 10.3. The average Bonchev–Trinajstić information content (AvgIpc) is 3.16. The Balaban J connectivity index is 1.77. The number of carbonyl (C=O) groups is 1. The lowest BCUT2D eigenvalue weighted by molar-refractivity contribution is -0.128. The Bertz CT molecular complexity index is 925. The standard InChI is InChI=1S/C19H22N2O3S/c1-2-5-16-18-17(10-11-20-18)21(19(16)22)25(23,24)15-9-8-13-6-3-4-7-14(13)12-15/h3-4,6-9,12,16-18,20H,2,5,10-11H2,1H3/t16-,17+,18-/m1/s1. The fraction of sp³-hybridized carbons (Fsp3) is 0.421. The minimum absolute atomic E-state index is 0.0531. The van der Waals surface area contributed by atoms with Crippen molar-refractivity contribution >= 4 is 26.7 Å². The van der Waals surface area contributed by atoms with Gasteiger partial charge in [-0.2, -0.15) is 0 Å². The van der Waals surface area contributed by atoms with E-state index in [0.717, 1.165) is 30.2 Å². The Kier molecular flexibility index (Phi) is 4.04. The van der Waals surface area contributed by atoms with Crippen LogP contribution in [0.4, 0.5) is 0 Å². The predicted octanol–water partition coefficient (Wildman–Crippen LogP) is 2.52. The second kappa shape index (κ2) is 6.11. The number of benzene rings is 2. The zero-order valence-corrected chi connectivity index (χ0v) is 15.0. The molecular weight excluding hydrogens is 336 g/mol. The molecule has 0 aromatic heterocycles. The summed E-state index contributed by atoms with van der Waals surface area (Å²) in [4.78, 5) is 13.1. The Morgan fingerprint density at radius 2 is 1.92 bits per heavy atom. The molecule has 1 amide bonds. The molecule has 0 unspecified atom stereocenters. The molecular formula is C19H22N2O3S. The summed E-state index contributed by atoms with van der Waals surface area (Å²) < 4.78 is 27.7. The molecule has 2 aliphatic heterocycles. The van der Waals surface area contributed by atoms with Gasteiger partial charge in [0.05, 0.1) is 16.9 Å². The van der Waals surface area contributed by atoms with Crippen LogP contribution in [0.5, 0.6) is 0 Å². The molecule has 5 nitrogen and oxygen atoms in total. The summed E-state index contributed by atoms with van der Waals surface area (Å²) in [7, 11) is -3.84. The van der Waals surface area contributed by atoms with Gasteiger partial charge in [0.25, 0.3) is 10.0 Å². The zero-order valence-electron chi connectivity index (χ0n) is 14.2. The van der Waals surface area contributed by atoms with E-state index in [2.05, 4.69) is 5.32 Å². The van der Waals surface area contributed by atoms with Crippen LogP contribution in [0.25, 0.3) is 10.8 Å². The second-order valence-electron chi connectivity index (χ2n) is 6.88. The number of rotatable bonds is 4. The molecule has 3 atom stereocenters. The number of nitrogens with zero attached hydrogens (tertiary/aromatic N) is 1. The van der Waals surface area contributed by atoms with Crippen molar-refractivity contribution in [3.63, 3.8) is 0 Å². The van der Waals surface area contributed by atoms with Crippen molar-refractivity contribution in [2.45, 2.75) is 43.2 Å². The van der Waals surface area contributed by atoms with Crippen LogP contribution in [0.1, 0.15) is 26.2 Å². The van der Waals surface area contributed by atoms with Crippen LogP contribution in [0.3, 0.4) is 0 Å². The maximum absolute atomic E-state index is 13.3. The van der Waals surface area contributed by atoms with Crippen molar-refractivity contribution in [1.29, 1.82) is 0 Å². The van der Waals surface area contributed by atoms with Crippen molar-refractivity contribution in [2.24, 2.45) is 5.92 Å². The summed E-state index contributed by atoms with van der Waals surface area (Å²) in [6.45, 7) is 2.78. The molecule has 25 heavy (non-hydrogen) atoms. The maximum atomic E-state index is 13.3. The fourth-order valence-corrected chi connectivity index (χ4v) is 5.93. The van der Waals surface area contributed by atoms with Gasteiger partial charge < -0.3 is 5.32 Å². The van der Waals surface area contributed by atoms with Crippen LogP contribution in [0.15, 0.2) is 47.4 Å². The van der Waals surface area contributed by atoms with Gasteiger partial charge in [0, 0.05) is 6.04 Å². The molecule has 2 aromatic rings. The number of hydrogen-bond acceptors (Lipinski definition) is 4. The Morgan fingerprint density at radius 3 is 2.68 bits per heavy atom. The van der Waals surface area contributed by atoms with E-state index in [-0.39, 0.29) is 28.8 Å². The largest absolute Gasteiger partial charge is 0.311 e. The van der Waals surface area contributed by atoms with E-state index in [9.17, 15) is 13.2 Å². The van der Waals surface area contributed by atoms with E-state index >= 15 is 0 Å². The lowest BCUT2D eigenvalue weighted by Crippen LogP contribution is -2.40. The lowest BCUT2D eigenvalue weighted by Gasteiger charge is -2.23. The highest BCUT2D eigenvalue weighted by Gasteiger charge is 2.54. The molecule has 2 heterocycles. The van der Waals surface area contributed by atoms with Crippen LogP contribution in [-0.4, -0.2) is 37.3 Å². The van der Waals surface area contributed by atoms with Crippen LogP contribution in [0.2, 0.25) is 0 Å². The summed E-state index contributed by atoms with van der Waals surface area (Å²) in [5.41, 5.74) is 0. The SMILES string of the molecule is CCC[C@H]1C(=O)N(S(=O)(=O)c2ccc3ccccc3c2)[C@H]2CCN[C@H]12. The first kappa shape index (κ1) is 16.5. The summed E-state index contributed by atoms with van der Waals surface area (Å²) in [6, 6.07) is 12.4. The number of sulfonamides is 1. The minimum Gasteiger partial charge on any atom is -0.311 e. The topological polar surface area (TPSA) is 66.5 Å². The van der Waals surface area contributed by atoms with Crippen LogP contribution >= 0.6 is 0 Å². The molecule has 4 rings (SSSR count). The quantitative estimate of drug-likeness (QED) is 0.912. The van der Waals surface area contributed by atoms with E-state index in [1.165, 1.54) is 4.31 Å². The summed E-state index contributed by atoms with van der Waals surface area (Å²) in [6.07, 6.45) is 2.27. The van der Waals surface area contributed by atoms with Gasteiger partial charge in [0.1, 0.15) is 0 Å². The van der Waals surface area contributed by atoms with Crippen molar-refractivity contribution in [3.8, 4) is 0 Å². The molecule has 2 fully saturated rings. The van der Waals surface area contributed by atoms with Gasteiger partial charge in [-0.05, 0) is 42.3 Å². The second-order valence-corrected chi connectivity index (χ2v) is 8.69. The highest BCUT2D eigenvalue weighted by atomic mass is 32.2. The molecule has 0 radical (unpaired) electrons.